The van der Waals surface area contributed by atoms with Crippen LogP contribution < -0.4 is 5.32 Å². The van der Waals surface area contributed by atoms with Crippen LogP contribution in [-0.4, -0.2) is 33.7 Å². The number of nitrogens with zero attached hydrogens (tertiary/aromatic N) is 3. The lowest BCUT2D eigenvalue weighted by molar-refractivity contribution is 0.0990. The van der Waals surface area contributed by atoms with E-state index in [4.69, 9.17) is 0 Å². The van der Waals surface area contributed by atoms with Crippen molar-refractivity contribution in [2.75, 3.05) is 13.6 Å². The maximum absolute atomic E-state index is 11.6. The van der Waals surface area contributed by atoms with E-state index in [1.54, 1.807) is 36.2 Å². The first-order chi connectivity index (χ1) is 6.83. The second kappa shape index (κ2) is 3.55. The summed E-state index contributed by atoms with van der Waals surface area (Å²) in [4.78, 5) is 19.7. The predicted octanol–water partition coefficient (Wildman–Crippen LogP) is 0.131. The number of likely N-dealkylation sites (N-methyl/N-ethyl adjacent to an activating group) is 1. The molecule has 0 aromatic carbocycles. The van der Waals surface area contributed by atoms with Crippen molar-refractivity contribution in [3.05, 3.63) is 30.5 Å². The highest BCUT2D eigenvalue weighted by atomic mass is 16.1. The Morgan fingerprint density at radius 3 is 2.86 bits per heavy atom. The van der Waals surface area contributed by atoms with E-state index in [1.807, 2.05) is 0 Å². The summed E-state index contributed by atoms with van der Waals surface area (Å²) in [6.45, 7) is 0.277. The summed E-state index contributed by atoms with van der Waals surface area (Å²) in [5.41, 5.74) is 1.01. The van der Waals surface area contributed by atoms with Gasteiger partial charge in [0.25, 0.3) is 0 Å². The van der Waals surface area contributed by atoms with Gasteiger partial charge >= 0.3 is 0 Å². The summed E-state index contributed by atoms with van der Waals surface area (Å²) in [6, 6.07) is 0. The fourth-order valence-corrected chi connectivity index (χ4v) is 1.30. The number of hydrogen-bond acceptors (Lipinski definition) is 4. The molecule has 14 heavy (non-hydrogen) atoms. The molecule has 0 amide bonds. The van der Waals surface area contributed by atoms with Gasteiger partial charge in [0.1, 0.15) is 0 Å². The minimum absolute atomic E-state index is 0.0516. The Bertz CT molecular complexity index is 463. The molecular weight excluding hydrogens is 180 g/mol. The van der Waals surface area contributed by atoms with E-state index in [2.05, 4.69) is 15.3 Å². The van der Waals surface area contributed by atoms with E-state index >= 15 is 0 Å². The highest BCUT2D eigenvalue weighted by Gasteiger charge is 2.11. The number of Topliss-reactive ketones (excluding diaryl/α,β-unsaturated/α-hetero) is 1. The van der Waals surface area contributed by atoms with Crippen LogP contribution in [0.15, 0.2) is 24.8 Å². The van der Waals surface area contributed by atoms with Gasteiger partial charge in [0.05, 0.1) is 6.54 Å². The van der Waals surface area contributed by atoms with Gasteiger partial charge in [-0.25, -0.2) is 9.97 Å². The zero-order valence-corrected chi connectivity index (χ0v) is 7.77. The second-order valence-corrected chi connectivity index (χ2v) is 2.89. The fraction of sp³-hybridized carbons (Fsp3) is 0.222. The molecule has 0 bridgehead atoms. The number of carbonyl (C=O) groups is 1. The first-order valence-corrected chi connectivity index (χ1v) is 4.28. The third-order valence-corrected chi connectivity index (χ3v) is 1.91. The molecule has 2 aromatic rings. The molecule has 0 spiro atoms. The number of nitrogens with one attached hydrogen (secondary N) is 1. The lowest BCUT2D eigenvalue weighted by atomic mass is 10.3. The molecule has 0 fully saturated rings. The quantitative estimate of drug-likeness (QED) is 0.699. The fourth-order valence-electron chi connectivity index (χ4n) is 1.30. The van der Waals surface area contributed by atoms with Crippen molar-refractivity contribution in [1.29, 1.82) is 0 Å². The largest absolute Gasteiger partial charge is 0.313 e. The highest BCUT2D eigenvalue weighted by molar-refractivity contribution is 6.00. The van der Waals surface area contributed by atoms with Crippen molar-refractivity contribution in [3.63, 3.8) is 0 Å². The standard InChI is InChI=1S/C9H10N4O/c1-10-6-7(14)8-9-12-3-5-13(9)4-2-11-8/h2-5,10H,6H2,1H3. The van der Waals surface area contributed by atoms with Crippen LogP contribution in [0.5, 0.6) is 0 Å². The summed E-state index contributed by atoms with van der Waals surface area (Å²) in [5, 5.41) is 2.80. The van der Waals surface area contributed by atoms with Gasteiger partial charge in [-0.05, 0) is 7.05 Å². The maximum atomic E-state index is 11.6. The summed E-state index contributed by atoms with van der Waals surface area (Å²) < 4.78 is 1.77. The summed E-state index contributed by atoms with van der Waals surface area (Å²) in [5.74, 6) is -0.0516. The molecule has 72 valence electrons. The zero-order valence-electron chi connectivity index (χ0n) is 7.77. The molecule has 0 radical (unpaired) electrons. The van der Waals surface area contributed by atoms with Gasteiger partial charge in [0, 0.05) is 24.8 Å². The Morgan fingerprint density at radius 2 is 2.14 bits per heavy atom. The molecule has 5 nitrogen and oxygen atoms in total. The van der Waals surface area contributed by atoms with Crippen LogP contribution in [-0.2, 0) is 0 Å². The minimum Gasteiger partial charge on any atom is -0.313 e. The van der Waals surface area contributed by atoms with Crippen molar-refractivity contribution in [3.8, 4) is 0 Å². The minimum atomic E-state index is -0.0516. The molecule has 2 heterocycles. The van der Waals surface area contributed by atoms with Gasteiger partial charge in [-0.15, -0.1) is 0 Å². The van der Waals surface area contributed by atoms with E-state index in [-0.39, 0.29) is 12.3 Å². The molecule has 2 aromatic heterocycles. The lowest BCUT2D eigenvalue weighted by Gasteiger charge is -2.00. The maximum Gasteiger partial charge on any atom is 0.198 e. The van der Waals surface area contributed by atoms with Gasteiger partial charge in [0.2, 0.25) is 0 Å². The van der Waals surface area contributed by atoms with Crippen molar-refractivity contribution < 1.29 is 4.79 Å². The number of ketones is 1. The van der Waals surface area contributed by atoms with Crippen molar-refractivity contribution in [1.82, 2.24) is 19.7 Å². The molecule has 0 saturated carbocycles. The van der Waals surface area contributed by atoms with Crippen LogP contribution in [0.3, 0.4) is 0 Å². The molecule has 0 atom stereocenters. The Morgan fingerprint density at radius 1 is 1.43 bits per heavy atom. The summed E-state index contributed by atoms with van der Waals surface area (Å²) in [7, 11) is 1.73. The monoisotopic (exact) mass is 190 g/mol. The van der Waals surface area contributed by atoms with Crippen LogP contribution in [0.25, 0.3) is 5.65 Å². The van der Waals surface area contributed by atoms with Gasteiger partial charge < -0.3 is 9.72 Å². The number of hydrogen-bond donors (Lipinski definition) is 1. The molecule has 5 heteroatoms. The number of carbonyl (C=O) groups excluding carboxylic acids is 1. The number of rotatable bonds is 3. The Hall–Kier alpha value is -1.75. The normalized spacial score (nSPS) is 10.6. The predicted molar refractivity (Wildman–Crippen MR) is 51.2 cm³/mol. The summed E-state index contributed by atoms with van der Waals surface area (Å²) >= 11 is 0. The van der Waals surface area contributed by atoms with E-state index in [0.29, 0.717) is 11.3 Å². The van der Waals surface area contributed by atoms with Gasteiger partial charge in [-0.1, -0.05) is 0 Å². The third kappa shape index (κ3) is 1.38. The van der Waals surface area contributed by atoms with E-state index in [9.17, 15) is 4.79 Å². The average Bonchev–Trinajstić information content (AvgIpc) is 2.65. The number of imidazole rings is 1. The zero-order chi connectivity index (χ0) is 9.97. The average molecular weight is 190 g/mol. The van der Waals surface area contributed by atoms with Crippen molar-refractivity contribution in [2.24, 2.45) is 0 Å². The molecule has 0 unspecified atom stereocenters. The Kier molecular flexibility index (Phi) is 2.24. The molecule has 0 aliphatic heterocycles. The van der Waals surface area contributed by atoms with E-state index < -0.39 is 0 Å². The molecule has 1 N–H and O–H groups in total. The molecular formula is C9H10N4O. The van der Waals surface area contributed by atoms with Crippen LogP contribution >= 0.6 is 0 Å². The van der Waals surface area contributed by atoms with Gasteiger partial charge in [-0.2, -0.15) is 0 Å². The number of aromatic nitrogens is 3. The van der Waals surface area contributed by atoms with Crippen LogP contribution in [0.1, 0.15) is 10.5 Å². The molecule has 0 aliphatic carbocycles. The highest BCUT2D eigenvalue weighted by Crippen LogP contribution is 2.05. The van der Waals surface area contributed by atoms with Gasteiger partial charge in [-0.3, -0.25) is 4.79 Å². The molecule has 2 rings (SSSR count). The smallest absolute Gasteiger partial charge is 0.198 e. The van der Waals surface area contributed by atoms with E-state index in [1.165, 1.54) is 0 Å². The topological polar surface area (TPSA) is 59.3 Å². The van der Waals surface area contributed by atoms with Crippen molar-refractivity contribution in [2.45, 2.75) is 0 Å². The van der Waals surface area contributed by atoms with E-state index in [0.717, 1.165) is 0 Å². The SMILES string of the molecule is CNCC(=O)c1nccn2ccnc12. The molecule has 0 saturated heterocycles. The second-order valence-electron chi connectivity index (χ2n) is 2.89. The summed E-state index contributed by atoms with van der Waals surface area (Å²) in [6.07, 6.45) is 6.79. The van der Waals surface area contributed by atoms with Crippen molar-refractivity contribution >= 4 is 11.4 Å². The Labute approximate surface area is 80.8 Å². The third-order valence-electron chi connectivity index (χ3n) is 1.91. The lowest BCUT2D eigenvalue weighted by Crippen LogP contribution is -2.20. The Balaban J connectivity index is 2.50. The van der Waals surface area contributed by atoms with Crippen LogP contribution in [0, 0.1) is 0 Å². The first kappa shape index (κ1) is 8.83. The number of fused-ring (bicyclic) bond motifs is 1. The first-order valence-electron chi connectivity index (χ1n) is 4.28. The van der Waals surface area contributed by atoms with Crippen LogP contribution in [0.2, 0.25) is 0 Å². The van der Waals surface area contributed by atoms with Gasteiger partial charge in [0.15, 0.2) is 17.1 Å². The molecule has 0 aliphatic rings. The van der Waals surface area contributed by atoms with Crippen LogP contribution in [0.4, 0.5) is 0 Å².